The van der Waals surface area contributed by atoms with Gasteiger partial charge in [0.2, 0.25) is 5.91 Å². The Morgan fingerprint density at radius 2 is 1.91 bits per heavy atom. The van der Waals surface area contributed by atoms with Crippen molar-refractivity contribution in [2.45, 2.75) is 38.1 Å². The fraction of sp³-hybridized carbons (Fsp3) is 0.280. The van der Waals surface area contributed by atoms with Crippen molar-refractivity contribution in [1.29, 1.82) is 0 Å². The molecule has 0 unspecified atom stereocenters. The molecule has 0 saturated heterocycles. The fourth-order valence-corrected chi connectivity index (χ4v) is 4.65. The van der Waals surface area contributed by atoms with E-state index in [9.17, 15) is 9.59 Å². The highest BCUT2D eigenvalue weighted by Gasteiger charge is 2.36. The molecule has 1 aromatic heterocycles. The Balaban J connectivity index is 1.28. The summed E-state index contributed by atoms with van der Waals surface area (Å²) in [7, 11) is 0. The van der Waals surface area contributed by atoms with Gasteiger partial charge in [0.1, 0.15) is 17.3 Å². The van der Waals surface area contributed by atoms with Crippen molar-refractivity contribution in [3.8, 4) is 0 Å². The minimum atomic E-state index is -0.678. The molecule has 0 bridgehead atoms. The van der Waals surface area contributed by atoms with Crippen molar-refractivity contribution >= 4 is 43.5 Å². The molecule has 9 heteroatoms. The lowest BCUT2D eigenvalue weighted by molar-refractivity contribution is -0.127. The van der Waals surface area contributed by atoms with Crippen LogP contribution in [0.3, 0.4) is 0 Å². The number of ether oxygens (including phenoxy) is 1. The molecule has 2 aliphatic rings. The van der Waals surface area contributed by atoms with Crippen molar-refractivity contribution in [2.24, 2.45) is 5.16 Å². The molecule has 34 heavy (non-hydrogen) atoms. The molecule has 3 aromatic rings. The van der Waals surface area contributed by atoms with E-state index >= 15 is 0 Å². The van der Waals surface area contributed by atoms with Crippen molar-refractivity contribution in [2.75, 3.05) is 6.54 Å². The number of amides is 2. The van der Waals surface area contributed by atoms with Crippen LogP contribution in [0.4, 0.5) is 4.79 Å². The Morgan fingerprint density at radius 1 is 1.12 bits per heavy atom. The molecule has 0 fully saturated rings. The number of nitrogens with one attached hydrogen (secondary N) is 1. The molecule has 8 nitrogen and oxygen atoms in total. The summed E-state index contributed by atoms with van der Waals surface area (Å²) in [5.41, 5.74) is 3.72. The van der Waals surface area contributed by atoms with Gasteiger partial charge in [-0.1, -0.05) is 47.6 Å². The summed E-state index contributed by atoms with van der Waals surface area (Å²) in [6.45, 7) is 0.684. The summed E-state index contributed by atoms with van der Waals surface area (Å²) in [5.74, 6) is -0.245. The van der Waals surface area contributed by atoms with Gasteiger partial charge >= 0.3 is 6.09 Å². The first-order chi connectivity index (χ1) is 16.6. The second-order valence-corrected chi connectivity index (χ2v) is 9.27. The van der Waals surface area contributed by atoms with Gasteiger partial charge in [0, 0.05) is 30.0 Å². The van der Waals surface area contributed by atoms with E-state index in [0.29, 0.717) is 30.6 Å². The first-order valence-corrected chi connectivity index (χ1v) is 11.9. The average Bonchev–Trinajstić information content (AvgIpc) is 3.29. The highest BCUT2D eigenvalue weighted by Crippen LogP contribution is 2.25. The van der Waals surface area contributed by atoms with Crippen molar-refractivity contribution < 1.29 is 19.2 Å². The van der Waals surface area contributed by atoms with Crippen molar-refractivity contribution in [3.05, 3.63) is 77.5 Å². The number of carbonyl (C=O) groups is 2. The lowest BCUT2D eigenvalue weighted by Gasteiger charge is -2.35. The van der Waals surface area contributed by atoms with E-state index in [1.807, 2.05) is 54.6 Å². The van der Waals surface area contributed by atoms with Gasteiger partial charge in [0.05, 0.1) is 18.6 Å². The number of pyridine rings is 1. The molecular formula is C25H23BrN4O4. The van der Waals surface area contributed by atoms with Gasteiger partial charge in [-0.15, -0.1) is 0 Å². The Labute approximate surface area is 205 Å². The molecule has 0 saturated carbocycles. The van der Waals surface area contributed by atoms with E-state index in [1.54, 1.807) is 6.20 Å². The minimum absolute atomic E-state index is 0.0738. The molecule has 2 aromatic carbocycles. The maximum Gasteiger partial charge on any atom is 0.411 e. The molecule has 174 valence electrons. The van der Waals surface area contributed by atoms with Gasteiger partial charge in [-0.25, -0.2) is 4.79 Å². The highest BCUT2D eigenvalue weighted by atomic mass is 79.9. The highest BCUT2D eigenvalue weighted by molar-refractivity contribution is 9.18. The standard InChI is InChI=1S/C25H23BrN4O4/c26-23-11-20(34-29-23)13-28-24(31)22-10-17-5-1-2-7-19(17)14-30(22)25(32)33-15-16-9-18-6-3-4-8-21(18)27-12-16/h1-9,12,20,22H,10-11,13-15H2,(H,28,31)/t20-,22-/m0/s1. The van der Waals surface area contributed by atoms with E-state index in [1.165, 1.54) is 4.90 Å². The van der Waals surface area contributed by atoms with Crippen LogP contribution in [0.15, 0.2) is 65.9 Å². The number of aromatic nitrogens is 1. The normalized spacial score (nSPS) is 19.2. The Hall–Kier alpha value is -3.46. The summed E-state index contributed by atoms with van der Waals surface area (Å²) in [4.78, 5) is 37.4. The van der Waals surface area contributed by atoms with Crippen LogP contribution in [0, 0.1) is 0 Å². The van der Waals surface area contributed by atoms with Gasteiger partial charge in [-0.3, -0.25) is 14.7 Å². The second kappa shape index (κ2) is 9.80. The number of benzene rings is 2. The van der Waals surface area contributed by atoms with Gasteiger partial charge in [-0.05, 0) is 39.2 Å². The number of nitrogens with zero attached hydrogens (tertiary/aromatic N) is 3. The van der Waals surface area contributed by atoms with Crippen molar-refractivity contribution in [1.82, 2.24) is 15.2 Å². The third kappa shape index (κ3) is 4.89. The van der Waals surface area contributed by atoms with Gasteiger partial charge < -0.3 is 14.9 Å². The van der Waals surface area contributed by atoms with Crippen LogP contribution in [0.2, 0.25) is 0 Å². The maximum atomic E-state index is 13.1. The van der Waals surface area contributed by atoms with E-state index in [-0.39, 0.29) is 18.6 Å². The summed E-state index contributed by atoms with van der Waals surface area (Å²) >= 11 is 3.30. The van der Waals surface area contributed by atoms with Gasteiger partial charge in [-0.2, -0.15) is 0 Å². The molecule has 1 N–H and O–H groups in total. The van der Waals surface area contributed by atoms with Crippen LogP contribution >= 0.6 is 15.9 Å². The van der Waals surface area contributed by atoms with E-state index in [4.69, 9.17) is 9.57 Å². The molecule has 0 radical (unpaired) electrons. The third-order valence-corrected chi connectivity index (χ3v) is 6.46. The summed E-state index contributed by atoms with van der Waals surface area (Å²) < 4.78 is 6.34. The smallest absolute Gasteiger partial charge is 0.411 e. The first-order valence-electron chi connectivity index (χ1n) is 11.1. The quantitative estimate of drug-likeness (QED) is 0.548. The lowest BCUT2D eigenvalue weighted by Crippen LogP contribution is -2.53. The van der Waals surface area contributed by atoms with Crippen LogP contribution < -0.4 is 5.32 Å². The van der Waals surface area contributed by atoms with Gasteiger partial charge in [0.15, 0.2) is 6.10 Å². The average molecular weight is 523 g/mol. The van der Waals surface area contributed by atoms with Crippen LogP contribution in [-0.2, 0) is 33.9 Å². The Kier molecular flexibility index (Phi) is 6.44. The molecule has 5 rings (SSSR count). The van der Waals surface area contributed by atoms with E-state index in [0.717, 1.165) is 27.6 Å². The topological polar surface area (TPSA) is 93.1 Å². The number of hydrogen-bond donors (Lipinski definition) is 1. The first kappa shape index (κ1) is 22.3. The second-order valence-electron chi connectivity index (χ2n) is 8.35. The number of para-hydroxylation sites is 1. The molecule has 2 aliphatic heterocycles. The largest absolute Gasteiger partial charge is 0.444 e. The number of fused-ring (bicyclic) bond motifs is 2. The molecular weight excluding hydrogens is 500 g/mol. The predicted octanol–water partition coefficient (Wildman–Crippen LogP) is 3.91. The Morgan fingerprint density at radius 3 is 2.74 bits per heavy atom. The zero-order valence-corrected chi connectivity index (χ0v) is 19.9. The van der Waals surface area contributed by atoms with Crippen molar-refractivity contribution in [3.63, 3.8) is 0 Å². The molecule has 0 spiro atoms. The fourth-order valence-electron chi connectivity index (χ4n) is 4.21. The third-order valence-electron chi connectivity index (χ3n) is 6.00. The Bertz CT molecular complexity index is 1260. The van der Waals surface area contributed by atoms with Crippen LogP contribution in [0.1, 0.15) is 23.1 Å². The number of rotatable bonds is 5. The number of carbonyl (C=O) groups excluding carboxylic acids is 2. The van der Waals surface area contributed by atoms with Crippen LogP contribution in [0.5, 0.6) is 0 Å². The minimum Gasteiger partial charge on any atom is -0.444 e. The zero-order valence-electron chi connectivity index (χ0n) is 18.3. The SMILES string of the molecule is O=C(NC[C@@H]1CC(Br)=NO1)[C@@H]1Cc2ccccc2CN1C(=O)OCc1cnc2ccccc2c1. The molecule has 2 atom stereocenters. The van der Waals surface area contributed by atoms with E-state index < -0.39 is 12.1 Å². The summed E-state index contributed by atoms with van der Waals surface area (Å²) in [5, 5.41) is 7.73. The van der Waals surface area contributed by atoms with Gasteiger partial charge in [0.25, 0.3) is 0 Å². The monoisotopic (exact) mass is 522 g/mol. The van der Waals surface area contributed by atoms with Crippen LogP contribution in [-0.4, -0.2) is 45.2 Å². The molecule has 3 heterocycles. The maximum absolute atomic E-state index is 13.1. The number of oxime groups is 1. The number of hydrogen-bond acceptors (Lipinski definition) is 6. The zero-order chi connectivity index (χ0) is 23.5. The van der Waals surface area contributed by atoms with E-state index in [2.05, 4.69) is 31.4 Å². The predicted molar refractivity (Wildman–Crippen MR) is 130 cm³/mol. The molecule has 2 amide bonds. The number of halogens is 1. The summed E-state index contributed by atoms with van der Waals surface area (Å²) in [6, 6.07) is 16.9. The lowest BCUT2D eigenvalue weighted by atomic mass is 9.94. The van der Waals surface area contributed by atoms with Crippen LogP contribution in [0.25, 0.3) is 10.9 Å². The molecule has 0 aliphatic carbocycles. The summed E-state index contributed by atoms with van der Waals surface area (Å²) in [6.07, 6.45) is 1.95.